The van der Waals surface area contributed by atoms with Crippen LogP contribution in [-0.4, -0.2) is 61.9 Å². The van der Waals surface area contributed by atoms with Crippen molar-refractivity contribution in [3.8, 4) is 0 Å². The monoisotopic (exact) mass is 270 g/mol. The Labute approximate surface area is 115 Å². The minimum Gasteiger partial charge on any atom is -0.469 e. The summed E-state index contributed by atoms with van der Waals surface area (Å²) in [6.45, 7) is 3.63. The fraction of sp³-hybridized carbons (Fsp3) is 0.929. The van der Waals surface area contributed by atoms with E-state index < -0.39 is 0 Å². The molecular weight excluding hydrogens is 244 g/mol. The average molecular weight is 270 g/mol. The zero-order chi connectivity index (χ0) is 13.7. The normalized spacial score (nSPS) is 28.9. The highest BCUT2D eigenvalue weighted by molar-refractivity contribution is 5.72. The summed E-state index contributed by atoms with van der Waals surface area (Å²) in [5.74, 6) is 0.680. The summed E-state index contributed by atoms with van der Waals surface area (Å²) >= 11 is 0. The summed E-state index contributed by atoms with van der Waals surface area (Å²) in [5, 5.41) is 12.2. The number of rotatable bonds is 6. The molecule has 5 nitrogen and oxygen atoms in total. The third kappa shape index (κ3) is 4.16. The molecule has 1 aliphatic heterocycles. The lowest BCUT2D eigenvalue weighted by atomic mass is 9.84. The van der Waals surface area contributed by atoms with Gasteiger partial charge in [0.15, 0.2) is 0 Å². The number of carbonyl (C=O) groups excluding carboxylic acids is 1. The second kappa shape index (κ2) is 7.22. The Bertz CT molecular complexity index is 294. The molecule has 1 saturated carbocycles. The highest BCUT2D eigenvalue weighted by Gasteiger charge is 2.33. The molecule has 1 saturated heterocycles. The van der Waals surface area contributed by atoms with Crippen molar-refractivity contribution >= 4 is 5.97 Å². The molecule has 110 valence electrons. The van der Waals surface area contributed by atoms with E-state index in [1.807, 2.05) is 0 Å². The van der Waals surface area contributed by atoms with Crippen LogP contribution in [0.5, 0.6) is 0 Å². The van der Waals surface area contributed by atoms with Crippen LogP contribution in [0.2, 0.25) is 0 Å². The van der Waals surface area contributed by atoms with E-state index in [1.165, 1.54) is 26.4 Å². The molecule has 0 amide bonds. The minimum absolute atomic E-state index is 0.0324. The molecule has 1 heterocycles. The van der Waals surface area contributed by atoms with Gasteiger partial charge in [0.2, 0.25) is 0 Å². The standard InChI is InChI=1S/C14H26N2O3/c1-19-14(18)12-7-13(15-5-6-17)10-16(9-12)8-11-3-2-4-11/h11-13,15,17H,2-10H2,1H3. The van der Waals surface area contributed by atoms with Crippen LogP contribution >= 0.6 is 0 Å². The molecule has 0 aromatic rings. The van der Waals surface area contributed by atoms with Crippen LogP contribution in [0.25, 0.3) is 0 Å². The third-order valence-corrected chi connectivity index (χ3v) is 4.35. The van der Waals surface area contributed by atoms with E-state index in [-0.39, 0.29) is 24.5 Å². The maximum Gasteiger partial charge on any atom is 0.310 e. The van der Waals surface area contributed by atoms with Crippen LogP contribution in [-0.2, 0) is 9.53 Å². The number of aliphatic hydroxyl groups is 1. The fourth-order valence-electron chi connectivity index (χ4n) is 3.13. The summed E-state index contributed by atoms with van der Waals surface area (Å²) in [7, 11) is 1.46. The summed E-state index contributed by atoms with van der Waals surface area (Å²) in [5.41, 5.74) is 0. The lowest BCUT2D eigenvalue weighted by molar-refractivity contribution is -0.147. The van der Waals surface area contributed by atoms with Gasteiger partial charge in [0.25, 0.3) is 0 Å². The smallest absolute Gasteiger partial charge is 0.310 e. The third-order valence-electron chi connectivity index (χ3n) is 4.35. The van der Waals surface area contributed by atoms with Gasteiger partial charge >= 0.3 is 5.97 Å². The number of carbonyl (C=O) groups is 1. The largest absolute Gasteiger partial charge is 0.469 e. The van der Waals surface area contributed by atoms with Crippen molar-refractivity contribution in [2.75, 3.05) is 39.9 Å². The molecule has 2 fully saturated rings. The molecule has 0 radical (unpaired) electrons. The van der Waals surface area contributed by atoms with Crippen molar-refractivity contribution in [2.45, 2.75) is 31.7 Å². The molecule has 2 unspecified atom stereocenters. The van der Waals surface area contributed by atoms with Gasteiger partial charge in [-0.2, -0.15) is 0 Å². The van der Waals surface area contributed by atoms with Crippen LogP contribution in [0.1, 0.15) is 25.7 Å². The number of ether oxygens (including phenoxy) is 1. The van der Waals surface area contributed by atoms with Gasteiger partial charge in [-0.3, -0.25) is 4.79 Å². The van der Waals surface area contributed by atoms with E-state index in [2.05, 4.69) is 10.2 Å². The maximum absolute atomic E-state index is 11.8. The van der Waals surface area contributed by atoms with Gasteiger partial charge in [0.1, 0.15) is 0 Å². The lowest BCUT2D eigenvalue weighted by Gasteiger charge is -2.40. The Balaban J connectivity index is 1.88. The molecule has 0 spiro atoms. The number of aliphatic hydroxyl groups excluding tert-OH is 1. The molecule has 2 atom stereocenters. The summed E-state index contributed by atoms with van der Waals surface area (Å²) < 4.78 is 4.89. The van der Waals surface area contributed by atoms with Gasteiger partial charge in [0, 0.05) is 32.2 Å². The highest BCUT2D eigenvalue weighted by atomic mass is 16.5. The van der Waals surface area contributed by atoms with Gasteiger partial charge < -0.3 is 20.1 Å². The number of hydrogen-bond donors (Lipinski definition) is 2. The molecular formula is C14H26N2O3. The van der Waals surface area contributed by atoms with Crippen molar-refractivity contribution in [3.05, 3.63) is 0 Å². The van der Waals surface area contributed by atoms with Crippen molar-refractivity contribution in [1.29, 1.82) is 0 Å². The molecule has 0 aromatic heterocycles. The number of likely N-dealkylation sites (tertiary alicyclic amines) is 1. The molecule has 2 N–H and O–H groups in total. The average Bonchev–Trinajstić information content (AvgIpc) is 2.39. The highest BCUT2D eigenvalue weighted by Crippen LogP contribution is 2.29. The molecule has 1 aliphatic carbocycles. The topological polar surface area (TPSA) is 61.8 Å². The Morgan fingerprint density at radius 1 is 1.42 bits per heavy atom. The van der Waals surface area contributed by atoms with E-state index in [1.54, 1.807) is 0 Å². The Hall–Kier alpha value is -0.650. The summed E-state index contributed by atoms with van der Waals surface area (Å²) in [4.78, 5) is 14.2. The quantitative estimate of drug-likeness (QED) is 0.677. The number of hydrogen-bond acceptors (Lipinski definition) is 5. The predicted molar refractivity (Wildman–Crippen MR) is 72.8 cm³/mol. The summed E-state index contributed by atoms with van der Waals surface area (Å²) in [6, 6.07) is 0.282. The van der Waals surface area contributed by atoms with Gasteiger partial charge in [-0.05, 0) is 25.2 Å². The number of nitrogens with one attached hydrogen (secondary N) is 1. The van der Waals surface area contributed by atoms with E-state index in [0.29, 0.717) is 6.54 Å². The van der Waals surface area contributed by atoms with Crippen molar-refractivity contribution < 1.29 is 14.6 Å². The SMILES string of the molecule is COC(=O)C1CC(NCCO)CN(CC2CCC2)C1. The fourth-order valence-corrected chi connectivity index (χ4v) is 3.13. The second-order valence-electron chi connectivity index (χ2n) is 5.85. The predicted octanol–water partition coefficient (Wildman–Crippen LogP) is 0.232. The van der Waals surface area contributed by atoms with Crippen molar-refractivity contribution in [2.24, 2.45) is 11.8 Å². The molecule has 19 heavy (non-hydrogen) atoms. The zero-order valence-corrected chi connectivity index (χ0v) is 11.8. The van der Waals surface area contributed by atoms with E-state index in [9.17, 15) is 4.79 Å². The molecule has 0 aromatic carbocycles. The number of nitrogens with zero attached hydrogens (tertiary/aromatic N) is 1. The van der Waals surface area contributed by atoms with Crippen LogP contribution in [0.3, 0.4) is 0 Å². The zero-order valence-electron chi connectivity index (χ0n) is 11.8. The van der Waals surface area contributed by atoms with Crippen molar-refractivity contribution in [1.82, 2.24) is 10.2 Å². The van der Waals surface area contributed by atoms with E-state index in [0.717, 1.165) is 32.0 Å². The minimum atomic E-state index is -0.103. The summed E-state index contributed by atoms with van der Waals surface area (Å²) in [6.07, 6.45) is 4.82. The van der Waals surface area contributed by atoms with Crippen LogP contribution < -0.4 is 5.32 Å². The van der Waals surface area contributed by atoms with Crippen LogP contribution in [0, 0.1) is 11.8 Å². The van der Waals surface area contributed by atoms with Crippen molar-refractivity contribution in [3.63, 3.8) is 0 Å². The number of piperidine rings is 1. The molecule has 2 rings (SSSR count). The van der Waals surface area contributed by atoms with Gasteiger partial charge in [-0.15, -0.1) is 0 Å². The first-order valence-corrected chi connectivity index (χ1v) is 7.37. The van der Waals surface area contributed by atoms with Crippen LogP contribution in [0.15, 0.2) is 0 Å². The molecule has 2 aliphatic rings. The van der Waals surface area contributed by atoms with Gasteiger partial charge in [0.05, 0.1) is 19.6 Å². The second-order valence-corrected chi connectivity index (χ2v) is 5.85. The van der Waals surface area contributed by atoms with Gasteiger partial charge in [-0.1, -0.05) is 6.42 Å². The van der Waals surface area contributed by atoms with Crippen LogP contribution in [0.4, 0.5) is 0 Å². The number of methoxy groups -OCH3 is 1. The Kier molecular flexibility index (Phi) is 5.60. The first-order valence-electron chi connectivity index (χ1n) is 7.37. The van der Waals surface area contributed by atoms with Gasteiger partial charge in [-0.25, -0.2) is 0 Å². The number of esters is 1. The van der Waals surface area contributed by atoms with E-state index in [4.69, 9.17) is 9.84 Å². The lowest BCUT2D eigenvalue weighted by Crippen LogP contribution is -2.53. The first kappa shape index (κ1) is 14.8. The Morgan fingerprint density at radius 2 is 2.21 bits per heavy atom. The Morgan fingerprint density at radius 3 is 2.79 bits per heavy atom. The first-order chi connectivity index (χ1) is 9.22. The maximum atomic E-state index is 11.8. The molecule has 0 bridgehead atoms. The molecule has 5 heteroatoms. The van der Waals surface area contributed by atoms with E-state index >= 15 is 0 Å².